The Kier molecular flexibility index (Phi) is 5.24. The first-order chi connectivity index (χ1) is 12.4. The third-order valence-electron chi connectivity index (χ3n) is 4.54. The Bertz CT molecular complexity index is 897. The molecule has 8 heteroatoms. The highest BCUT2D eigenvalue weighted by atomic mass is 32.2. The summed E-state index contributed by atoms with van der Waals surface area (Å²) in [6, 6.07) is 7.76. The Morgan fingerprint density at radius 1 is 1.08 bits per heavy atom. The van der Waals surface area contributed by atoms with Crippen LogP contribution in [0.5, 0.6) is 0 Å². The van der Waals surface area contributed by atoms with Gasteiger partial charge in [0.1, 0.15) is 0 Å². The SMILES string of the molecule is Cc1cnccc1N1CCCN(C(=O)c2ccc(S(N)(=O)=O)cc2)CC1. The van der Waals surface area contributed by atoms with Crippen molar-refractivity contribution in [3.63, 3.8) is 0 Å². The molecule has 7 nitrogen and oxygen atoms in total. The average molecular weight is 374 g/mol. The lowest BCUT2D eigenvalue weighted by atomic mass is 10.2. The second-order valence-electron chi connectivity index (χ2n) is 6.36. The van der Waals surface area contributed by atoms with Gasteiger partial charge in [-0.15, -0.1) is 0 Å². The van der Waals surface area contributed by atoms with Crippen LogP contribution in [-0.4, -0.2) is 50.4 Å². The Morgan fingerprint density at radius 2 is 1.81 bits per heavy atom. The van der Waals surface area contributed by atoms with Crippen LogP contribution in [0.15, 0.2) is 47.6 Å². The van der Waals surface area contributed by atoms with Crippen molar-refractivity contribution in [2.24, 2.45) is 5.14 Å². The molecule has 1 aliphatic heterocycles. The third kappa shape index (κ3) is 4.03. The molecule has 0 spiro atoms. The maximum Gasteiger partial charge on any atom is 0.253 e. The number of nitrogens with two attached hydrogens (primary N) is 1. The van der Waals surface area contributed by atoms with Crippen molar-refractivity contribution >= 4 is 21.6 Å². The van der Waals surface area contributed by atoms with Gasteiger partial charge < -0.3 is 9.80 Å². The van der Waals surface area contributed by atoms with E-state index in [0.29, 0.717) is 18.7 Å². The first-order valence-corrected chi connectivity index (χ1v) is 9.98. The summed E-state index contributed by atoms with van der Waals surface area (Å²) in [5.74, 6) is -0.0979. The number of hydrogen-bond donors (Lipinski definition) is 1. The maximum atomic E-state index is 12.7. The van der Waals surface area contributed by atoms with E-state index >= 15 is 0 Å². The van der Waals surface area contributed by atoms with Crippen LogP contribution in [0.1, 0.15) is 22.3 Å². The zero-order valence-electron chi connectivity index (χ0n) is 14.6. The molecule has 0 atom stereocenters. The van der Waals surface area contributed by atoms with E-state index in [9.17, 15) is 13.2 Å². The van der Waals surface area contributed by atoms with Crippen molar-refractivity contribution in [3.05, 3.63) is 53.9 Å². The largest absolute Gasteiger partial charge is 0.369 e. The molecule has 2 heterocycles. The zero-order valence-corrected chi connectivity index (χ0v) is 15.4. The lowest BCUT2D eigenvalue weighted by Gasteiger charge is -2.25. The van der Waals surface area contributed by atoms with Crippen molar-refractivity contribution in [1.82, 2.24) is 9.88 Å². The van der Waals surface area contributed by atoms with Crippen molar-refractivity contribution in [1.29, 1.82) is 0 Å². The number of primary sulfonamides is 1. The van der Waals surface area contributed by atoms with Crippen LogP contribution < -0.4 is 10.0 Å². The predicted octanol–water partition coefficient (Wildman–Crippen LogP) is 1.39. The average Bonchev–Trinajstić information content (AvgIpc) is 2.87. The van der Waals surface area contributed by atoms with E-state index in [1.807, 2.05) is 24.1 Å². The normalized spacial score (nSPS) is 15.6. The van der Waals surface area contributed by atoms with E-state index < -0.39 is 10.0 Å². The number of sulfonamides is 1. The van der Waals surface area contributed by atoms with Gasteiger partial charge in [-0.3, -0.25) is 9.78 Å². The molecule has 1 aliphatic rings. The Balaban J connectivity index is 1.71. The van der Waals surface area contributed by atoms with Gasteiger partial charge in [-0.1, -0.05) is 0 Å². The summed E-state index contributed by atoms with van der Waals surface area (Å²) in [4.78, 5) is 21.0. The van der Waals surface area contributed by atoms with Crippen molar-refractivity contribution in [2.45, 2.75) is 18.2 Å². The molecule has 1 amide bonds. The molecule has 1 aromatic heterocycles. The van der Waals surface area contributed by atoms with Gasteiger partial charge in [0, 0.05) is 49.8 Å². The number of carbonyl (C=O) groups excluding carboxylic acids is 1. The monoisotopic (exact) mass is 374 g/mol. The fourth-order valence-corrected chi connectivity index (χ4v) is 3.67. The first-order valence-electron chi connectivity index (χ1n) is 8.44. The molecular weight excluding hydrogens is 352 g/mol. The molecule has 0 aliphatic carbocycles. The lowest BCUT2D eigenvalue weighted by Crippen LogP contribution is -2.35. The number of benzene rings is 1. The van der Waals surface area contributed by atoms with Crippen molar-refractivity contribution in [3.8, 4) is 0 Å². The Morgan fingerprint density at radius 3 is 2.46 bits per heavy atom. The maximum absolute atomic E-state index is 12.7. The molecular formula is C18H22N4O3S. The summed E-state index contributed by atoms with van der Waals surface area (Å²) in [7, 11) is -3.75. The van der Waals surface area contributed by atoms with Crippen molar-refractivity contribution < 1.29 is 13.2 Å². The number of rotatable bonds is 3. The number of aryl methyl sites for hydroxylation is 1. The molecule has 1 saturated heterocycles. The molecule has 138 valence electrons. The second kappa shape index (κ2) is 7.43. The molecule has 2 N–H and O–H groups in total. The number of pyridine rings is 1. The summed E-state index contributed by atoms with van der Waals surface area (Å²) in [5.41, 5.74) is 2.73. The topological polar surface area (TPSA) is 96.6 Å². The lowest BCUT2D eigenvalue weighted by molar-refractivity contribution is 0.0767. The van der Waals surface area contributed by atoms with E-state index in [4.69, 9.17) is 5.14 Å². The first kappa shape index (κ1) is 18.3. The van der Waals surface area contributed by atoms with Crippen LogP contribution >= 0.6 is 0 Å². The quantitative estimate of drug-likeness (QED) is 0.876. The number of hydrogen-bond acceptors (Lipinski definition) is 5. The van der Waals surface area contributed by atoms with Gasteiger partial charge in [0.15, 0.2) is 0 Å². The van der Waals surface area contributed by atoms with E-state index in [0.717, 1.165) is 30.8 Å². The highest BCUT2D eigenvalue weighted by Crippen LogP contribution is 2.20. The minimum Gasteiger partial charge on any atom is -0.369 e. The molecule has 1 aromatic carbocycles. The highest BCUT2D eigenvalue weighted by Gasteiger charge is 2.21. The van der Waals surface area contributed by atoms with Crippen LogP contribution in [0.2, 0.25) is 0 Å². The van der Waals surface area contributed by atoms with Gasteiger partial charge in [-0.05, 0) is 49.2 Å². The minimum absolute atomic E-state index is 0.00394. The standard InChI is InChI=1S/C18H22N4O3S/c1-14-13-20-8-7-17(14)21-9-2-10-22(12-11-21)18(23)15-3-5-16(6-4-15)26(19,24)25/h3-8,13H,2,9-12H2,1H3,(H2,19,24,25). The summed E-state index contributed by atoms with van der Waals surface area (Å²) in [6.07, 6.45) is 4.49. The molecule has 26 heavy (non-hydrogen) atoms. The molecule has 1 fully saturated rings. The van der Waals surface area contributed by atoms with Crippen LogP contribution in [0.25, 0.3) is 0 Å². The van der Waals surface area contributed by atoms with Gasteiger partial charge in [0.25, 0.3) is 5.91 Å². The molecule has 3 rings (SSSR count). The number of amides is 1. The summed E-state index contributed by atoms with van der Waals surface area (Å²) < 4.78 is 22.7. The van der Waals surface area contributed by atoms with Crippen LogP contribution in [0.3, 0.4) is 0 Å². The van der Waals surface area contributed by atoms with E-state index in [2.05, 4.69) is 9.88 Å². The van der Waals surface area contributed by atoms with Gasteiger partial charge >= 0.3 is 0 Å². The van der Waals surface area contributed by atoms with Crippen LogP contribution in [0.4, 0.5) is 5.69 Å². The molecule has 0 saturated carbocycles. The fourth-order valence-electron chi connectivity index (χ4n) is 3.15. The van der Waals surface area contributed by atoms with Gasteiger partial charge in [0.05, 0.1) is 4.90 Å². The fraction of sp³-hybridized carbons (Fsp3) is 0.333. The smallest absolute Gasteiger partial charge is 0.253 e. The predicted molar refractivity (Wildman–Crippen MR) is 99.5 cm³/mol. The summed E-state index contributed by atoms with van der Waals surface area (Å²) in [6.45, 7) is 4.92. The highest BCUT2D eigenvalue weighted by molar-refractivity contribution is 7.89. The molecule has 0 unspecified atom stereocenters. The van der Waals surface area contributed by atoms with Gasteiger partial charge in [-0.25, -0.2) is 13.6 Å². The van der Waals surface area contributed by atoms with Gasteiger partial charge in [-0.2, -0.15) is 0 Å². The number of aromatic nitrogens is 1. The van der Waals surface area contributed by atoms with Crippen molar-refractivity contribution in [2.75, 3.05) is 31.1 Å². The second-order valence-corrected chi connectivity index (χ2v) is 7.93. The Labute approximate surface area is 153 Å². The van der Waals surface area contributed by atoms with Crippen LogP contribution in [-0.2, 0) is 10.0 Å². The molecule has 0 bridgehead atoms. The van der Waals surface area contributed by atoms with Gasteiger partial charge in [0.2, 0.25) is 10.0 Å². The molecule has 0 radical (unpaired) electrons. The zero-order chi connectivity index (χ0) is 18.7. The third-order valence-corrected chi connectivity index (χ3v) is 5.47. The minimum atomic E-state index is -3.75. The number of nitrogens with zero attached hydrogens (tertiary/aromatic N) is 3. The molecule has 2 aromatic rings. The Hall–Kier alpha value is -2.45. The number of carbonyl (C=O) groups is 1. The number of anilines is 1. The van der Waals surface area contributed by atoms with E-state index in [1.54, 1.807) is 6.20 Å². The van der Waals surface area contributed by atoms with E-state index in [1.165, 1.54) is 24.3 Å². The van der Waals surface area contributed by atoms with E-state index in [-0.39, 0.29) is 10.8 Å². The summed E-state index contributed by atoms with van der Waals surface area (Å²) >= 11 is 0. The summed E-state index contributed by atoms with van der Waals surface area (Å²) in [5, 5.41) is 5.10. The van der Waals surface area contributed by atoms with Crippen LogP contribution in [0, 0.1) is 6.92 Å².